The molecule has 0 saturated carbocycles. The lowest BCUT2D eigenvalue weighted by Crippen LogP contribution is -2.43. The molecule has 2 aliphatic heterocycles. The molecule has 0 aromatic heterocycles. The fourth-order valence-corrected chi connectivity index (χ4v) is 3.48. The monoisotopic (exact) mass is 253 g/mol. The van der Waals surface area contributed by atoms with Crippen LogP contribution in [-0.4, -0.2) is 61.2 Å². The third kappa shape index (κ3) is 3.69. The van der Waals surface area contributed by atoms with E-state index in [0.717, 1.165) is 12.1 Å². The molecule has 2 fully saturated rings. The first-order chi connectivity index (χ1) is 8.85. The fourth-order valence-electron chi connectivity index (χ4n) is 3.48. The standard InChI is InChI=1S/C15H31N3/c1-3-8-16-12-14(4-2)18-11-7-15(13-18)17-9-5-6-10-17/h14-16H,3-13H2,1-2H3. The second-order valence-electron chi connectivity index (χ2n) is 5.95. The Labute approximate surface area is 113 Å². The van der Waals surface area contributed by atoms with E-state index in [4.69, 9.17) is 0 Å². The molecule has 0 radical (unpaired) electrons. The maximum absolute atomic E-state index is 3.59. The highest BCUT2D eigenvalue weighted by Gasteiger charge is 2.31. The van der Waals surface area contributed by atoms with E-state index in [9.17, 15) is 0 Å². The normalized spacial score (nSPS) is 28.0. The molecule has 0 aromatic carbocycles. The van der Waals surface area contributed by atoms with E-state index < -0.39 is 0 Å². The lowest BCUT2D eigenvalue weighted by Gasteiger charge is -2.29. The van der Waals surface area contributed by atoms with Crippen LogP contribution in [0.2, 0.25) is 0 Å². The van der Waals surface area contributed by atoms with Crippen LogP contribution in [0.1, 0.15) is 46.0 Å². The molecule has 2 saturated heterocycles. The van der Waals surface area contributed by atoms with Crippen LogP contribution in [-0.2, 0) is 0 Å². The summed E-state index contributed by atoms with van der Waals surface area (Å²) in [5.41, 5.74) is 0. The first-order valence-electron chi connectivity index (χ1n) is 8.04. The molecule has 2 unspecified atom stereocenters. The Morgan fingerprint density at radius 1 is 1.17 bits per heavy atom. The lowest BCUT2D eigenvalue weighted by molar-refractivity contribution is 0.193. The maximum atomic E-state index is 3.59. The number of hydrogen-bond donors (Lipinski definition) is 1. The van der Waals surface area contributed by atoms with Crippen LogP contribution in [0.25, 0.3) is 0 Å². The zero-order valence-corrected chi connectivity index (χ0v) is 12.3. The topological polar surface area (TPSA) is 18.5 Å². The molecule has 1 N–H and O–H groups in total. The highest BCUT2D eigenvalue weighted by molar-refractivity contribution is 4.88. The minimum atomic E-state index is 0.754. The Kier molecular flexibility index (Phi) is 5.93. The van der Waals surface area contributed by atoms with Gasteiger partial charge in [-0.15, -0.1) is 0 Å². The van der Waals surface area contributed by atoms with Gasteiger partial charge in [-0.3, -0.25) is 9.80 Å². The number of likely N-dealkylation sites (tertiary alicyclic amines) is 2. The predicted octanol–water partition coefficient (Wildman–Crippen LogP) is 1.93. The van der Waals surface area contributed by atoms with Crippen LogP contribution in [0, 0.1) is 0 Å². The van der Waals surface area contributed by atoms with Crippen molar-refractivity contribution in [2.45, 2.75) is 58.0 Å². The fraction of sp³-hybridized carbons (Fsp3) is 1.00. The minimum absolute atomic E-state index is 0.754. The molecule has 0 amide bonds. The highest BCUT2D eigenvalue weighted by Crippen LogP contribution is 2.22. The Hall–Kier alpha value is -0.120. The first-order valence-corrected chi connectivity index (χ1v) is 8.04. The van der Waals surface area contributed by atoms with E-state index in [2.05, 4.69) is 29.0 Å². The average Bonchev–Trinajstić information content (AvgIpc) is 3.04. The minimum Gasteiger partial charge on any atom is -0.315 e. The van der Waals surface area contributed by atoms with Crippen LogP contribution in [0.15, 0.2) is 0 Å². The van der Waals surface area contributed by atoms with Gasteiger partial charge in [-0.05, 0) is 51.7 Å². The molecule has 2 aliphatic rings. The second kappa shape index (κ2) is 7.46. The SMILES string of the molecule is CCCNCC(CC)N1CCC(N2CCCC2)C1. The van der Waals surface area contributed by atoms with Crippen molar-refractivity contribution >= 4 is 0 Å². The number of nitrogens with one attached hydrogen (secondary N) is 1. The lowest BCUT2D eigenvalue weighted by atomic mass is 10.2. The molecule has 0 aromatic rings. The maximum Gasteiger partial charge on any atom is 0.0235 e. The van der Waals surface area contributed by atoms with Crippen molar-refractivity contribution in [2.75, 3.05) is 39.3 Å². The van der Waals surface area contributed by atoms with Gasteiger partial charge in [-0.2, -0.15) is 0 Å². The number of hydrogen-bond acceptors (Lipinski definition) is 3. The van der Waals surface area contributed by atoms with Crippen molar-refractivity contribution in [3.63, 3.8) is 0 Å². The summed E-state index contributed by atoms with van der Waals surface area (Å²) in [5, 5.41) is 3.59. The molecule has 18 heavy (non-hydrogen) atoms. The molecule has 0 aliphatic carbocycles. The van der Waals surface area contributed by atoms with Gasteiger partial charge in [0.2, 0.25) is 0 Å². The van der Waals surface area contributed by atoms with Crippen molar-refractivity contribution in [3.8, 4) is 0 Å². The molecule has 2 heterocycles. The van der Waals surface area contributed by atoms with E-state index >= 15 is 0 Å². The van der Waals surface area contributed by atoms with Gasteiger partial charge in [-0.25, -0.2) is 0 Å². The zero-order valence-electron chi connectivity index (χ0n) is 12.3. The van der Waals surface area contributed by atoms with Crippen LogP contribution in [0.3, 0.4) is 0 Å². The summed E-state index contributed by atoms with van der Waals surface area (Å²) in [6, 6.07) is 1.61. The van der Waals surface area contributed by atoms with E-state index in [1.807, 2.05) is 0 Å². The molecule has 3 heteroatoms. The summed E-state index contributed by atoms with van der Waals surface area (Å²) in [6.45, 7) is 12.2. The van der Waals surface area contributed by atoms with Gasteiger partial charge in [-0.1, -0.05) is 13.8 Å². The molecule has 106 valence electrons. The molecular formula is C15H31N3. The van der Waals surface area contributed by atoms with E-state index in [1.165, 1.54) is 71.4 Å². The highest BCUT2D eigenvalue weighted by atomic mass is 15.3. The summed E-state index contributed by atoms with van der Waals surface area (Å²) in [5.74, 6) is 0. The van der Waals surface area contributed by atoms with Gasteiger partial charge >= 0.3 is 0 Å². The quantitative estimate of drug-likeness (QED) is 0.700. The van der Waals surface area contributed by atoms with Crippen LogP contribution < -0.4 is 5.32 Å². The Balaban J connectivity index is 1.74. The van der Waals surface area contributed by atoms with Crippen molar-refractivity contribution in [1.82, 2.24) is 15.1 Å². The van der Waals surface area contributed by atoms with E-state index in [-0.39, 0.29) is 0 Å². The summed E-state index contributed by atoms with van der Waals surface area (Å²) in [4.78, 5) is 5.46. The zero-order chi connectivity index (χ0) is 12.8. The smallest absolute Gasteiger partial charge is 0.0235 e. The molecule has 2 rings (SSSR count). The summed E-state index contributed by atoms with van der Waals surface area (Å²) >= 11 is 0. The largest absolute Gasteiger partial charge is 0.315 e. The Morgan fingerprint density at radius 3 is 2.61 bits per heavy atom. The average molecular weight is 253 g/mol. The summed E-state index contributed by atoms with van der Waals surface area (Å²) in [6.07, 6.45) is 6.76. The Bertz CT molecular complexity index is 226. The van der Waals surface area contributed by atoms with Gasteiger partial charge in [0.15, 0.2) is 0 Å². The van der Waals surface area contributed by atoms with Gasteiger partial charge < -0.3 is 5.32 Å². The van der Waals surface area contributed by atoms with Gasteiger partial charge in [0.05, 0.1) is 0 Å². The van der Waals surface area contributed by atoms with E-state index in [1.54, 1.807) is 0 Å². The number of rotatable bonds is 7. The molecule has 0 spiro atoms. The molecule has 0 bridgehead atoms. The van der Waals surface area contributed by atoms with Gasteiger partial charge in [0, 0.05) is 31.7 Å². The van der Waals surface area contributed by atoms with Gasteiger partial charge in [0.1, 0.15) is 0 Å². The van der Waals surface area contributed by atoms with Crippen molar-refractivity contribution < 1.29 is 0 Å². The van der Waals surface area contributed by atoms with Crippen molar-refractivity contribution in [2.24, 2.45) is 0 Å². The Morgan fingerprint density at radius 2 is 1.94 bits per heavy atom. The van der Waals surface area contributed by atoms with Gasteiger partial charge in [0.25, 0.3) is 0 Å². The number of nitrogens with zero attached hydrogens (tertiary/aromatic N) is 2. The first kappa shape index (κ1) is 14.3. The van der Waals surface area contributed by atoms with Crippen molar-refractivity contribution in [3.05, 3.63) is 0 Å². The third-order valence-electron chi connectivity index (χ3n) is 4.65. The summed E-state index contributed by atoms with van der Waals surface area (Å²) < 4.78 is 0. The molecule has 3 nitrogen and oxygen atoms in total. The molecule has 2 atom stereocenters. The molecular weight excluding hydrogens is 222 g/mol. The second-order valence-corrected chi connectivity index (χ2v) is 5.95. The van der Waals surface area contributed by atoms with Crippen LogP contribution in [0.5, 0.6) is 0 Å². The van der Waals surface area contributed by atoms with Crippen LogP contribution in [0.4, 0.5) is 0 Å². The van der Waals surface area contributed by atoms with Crippen molar-refractivity contribution in [1.29, 1.82) is 0 Å². The predicted molar refractivity (Wildman–Crippen MR) is 78.0 cm³/mol. The van der Waals surface area contributed by atoms with Crippen LogP contribution >= 0.6 is 0 Å². The summed E-state index contributed by atoms with van der Waals surface area (Å²) in [7, 11) is 0. The third-order valence-corrected chi connectivity index (χ3v) is 4.65. The van der Waals surface area contributed by atoms with E-state index in [0.29, 0.717) is 0 Å².